The third-order valence-electron chi connectivity index (χ3n) is 6.19. The number of primary amides is 1. The van der Waals surface area contributed by atoms with Crippen LogP contribution in [-0.4, -0.2) is 91.9 Å². The number of hydrogen-bond donors (Lipinski definition) is 2. The van der Waals surface area contributed by atoms with Gasteiger partial charge >= 0.3 is 0 Å². The highest BCUT2D eigenvalue weighted by Gasteiger charge is 2.42. The summed E-state index contributed by atoms with van der Waals surface area (Å²) >= 11 is 0. The molecule has 2 amide bonds. The Balaban J connectivity index is 0.00000392. The molecule has 162 valence electrons. The van der Waals surface area contributed by atoms with Gasteiger partial charge in [0.05, 0.1) is 11.0 Å². The molecule has 1 aliphatic carbocycles. The van der Waals surface area contributed by atoms with Crippen molar-refractivity contribution < 1.29 is 9.59 Å². The molecule has 9 heteroatoms. The molecule has 1 saturated heterocycles. The van der Waals surface area contributed by atoms with Crippen LogP contribution >= 0.6 is 24.0 Å². The van der Waals surface area contributed by atoms with E-state index in [9.17, 15) is 9.59 Å². The van der Waals surface area contributed by atoms with E-state index in [1.807, 2.05) is 27.9 Å². The van der Waals surface area contributed by atoms with Crippen LogP contribution in [0, 0.1) is 5.41 Å². The molecule has 28 heavy (non-hydrogen) atoms. The summed E-state index contributed by atoms with van der Waals surface area (Å²) in [6, 6.07) is 0. The monoisotopic (exact) mass is 508 g/mol. The maximum atomic E-state index is 12.7. The standard InChI is InChI=1S/C19H36N6O2.HI/c1-18(2,15(20)26)25-12-10-24(11-13-25)17(21-3)22-14-19(8-6-7-9-19)16(27)23(4)5;/h6-14H2,1-5H3,(H2,20,26)(H,21,22);1H. The molecule has 0 aromatic heterocycles. The lowest BCUT2D eigenvalue weighted by Gasteiger charge is -2.43. The fourth-order valence-electron chi connectivity index (χ4n) is 4.21. The van der Waals surface area contributed by atoms with Crippen LogP contribution < -0.4 is 11.1 Å². The van der Waals surface area contributed by atoms with Crippen molar-refractivity contribution in [2.45, 2.75) is 45.1 Å². The third kappa shape index (κ3) is 5.28. The van der Waals surface area contributed by atoms with Crippen LogP contribution in [0.15, 0.2) is 4.99 Å². The van der Waals surface area contributed by atoms with Gasteiger partial charge in [-0.3, -0.25) is 19.5 Å². The van der Waals surface area contributed by atoms with E-state index in [0.717, 1.165) is 57.8 Å². The summed E-state index contributed by atoms with van der Waals surface area (Å²) in [5.41, 5.74) is 4.57. The summed E-state index contributed by atoms with van der Waals surface area (Å²) in [6.07, 6.45) is 4.05. The SMILES string of the molecule is CN=C(NCC1(C(=O)N(C)C)CCCC1)N1CCN(C(C)(C)C(N)=O)CC1.I. The minimum absolute atomic E-state index is 0. The number of nitrogens with two attached hydrogens (primary N) is 1. The number of carbonyl (C=O) groups excluding carboxylic acids is 2. The minimum atomic E-state index is -0.644. The lowest BCUT2D eigenvalue weighted by Crippen LogP contribution is -2.61. The molecule has 0 radical (unpaired) electrons. The van der Waals surface area contributed by atoms with Gasteiger partial charge in [-0.1, -0.05) is 12.8 Å². The first-order chi connectivity index (χ1) is 12.6. The number of piperazine rings is 1. The molecule has 0 atom stereocenters. The minimum Gasteiger partial charge on any atom is -0.368 e. The lowest BCUT2D eigenvalue weighted by atomic mass is 9.84. The van der Waals surface area contributed by atoms with Crippen molar-refractivity contribution in [3.63, 3.8) is 0 Å². The molecule has 0 unspecified atom stereocenters. The van der Waals surface area contributed by atoms with Crippen LogP contribution in [-0.2, 0) is 9.59 Å². The largest absolute Gasteiger partial charge is 0.368 e. The second-order valence-electron chi connectivity index (χ2n) is 8.49. The maximum absolute atomic E-state index is 12.7. The zero-order valence-electron chi connectivity index (χ0n) is 18.0. The van der Waals surface area contributed by atoms with Crippen molar-refractivity contribution >= 4 is 41.8 Å². The highest BCUT2D eigenvalue weighted by Crippen LogP contribution is 2.39. The first-order valence-electron chi connectivity index (χ1n) is 9.86. The molecule has 0 bridgehead atoms. The van der Waals surface area contributed by atoms with Gasteiger partial charge in [0.1, 0.15) is 0 Å². The number of carbonyl (C=O) groups is 2. The number of aliphatic imine (C=N–C) groups is 1. The average Bonchev–Trinajstić information content (AvgIpc) is 3.11. The Morgan fingerprint density at radius 1 is 1.14 bits per heavy atom. The Morgan fingerprint density at radius 2 is 1.68 bits per heavy atom. The molecular formula is C19H37IN6O2. The van der Waals surface area contributed by atoms with Gasteiger partial charge < -0.3 is 20.9 Å². The molecule has 2 rings (SSSR count). The van der Waals surface area contributed by atoms with Crippen LogP contribution in [0.2, 0.25) is 0 Å². The van der Waals surface area contributed by atoms with E-state index in [2.05, 4.69) is 20.1 Å². The maximum Gasteiger partial charge on any atom is 0.237 e. The molecule has 0 spiro atoms. The molecule has 0 aromatic rings. The second kappa shape index (κ2) is 10.1. The molecule has 1 heterocycles. The Labute approximate surface area is 186 Å². The zero-order chi connectivity index (χ0) is 20.2. The van der Waals surface area contributed by atoms with E-state index in [1.54, 1.807) is 11.9 Å². The zero-order valence-corrected chi connectivity index (χ0v) is 20.3. The highest BCUT2D eigenvalue weighted by molar-refractivity contribution is 14.0. The number of amides is 2. The van der Waals surface area contributed by atoms with E-state index in [4.69, 9.17) is 5.73 Å². The van der Waals surface area contributed by atoms with Crippen molar-refractivity contribution in [1.82, 2.24) is 20.0 Å². The average molecular weight is 508 g/mol. The van der Waals surface area contributed by atoms with Gasteiger partial charge in [-0.15, -0.1) is 24.0 Å². The van der Waals surface area contributed by atoms with Crippen molar-refractivity contribution in [1.29, 1.82) is 0 Å². The predicted molar refractivity (Wildman–Crippen MR) is 123 cm³/mol. The lowest BCUT2D eigenvalue weighted by molar-refractivity contribution is -0.138. The first-order valence-corrected chi connectivity index (χ1v) is 9.86. The number of rotatable bonds is 5. The summed E-state index contributed by atoms with van der Waals surface area (Å²) in [5, 5.41) is 3.45. The number of halogens is 1. The molecule has 1 saturated carbocycles. The second-order valence-corrected chi connectivity index (χ2v) is 8.49. The van der Waals surface area contributed by atoms with E-state index in [0.29, 0.717) is 6.54 Å². The van der Waals surface area contributed by atoms with Gasteiger partial charge in [-0.25, -0.2) is 0 Å². The van der Waals surface area contributed by atoms with Gasteiger partial charge in [0.2, 0.25) is 11.8 Å². The number of guanidine groups is 1. The number of nitrogens with zero attached hydrogens (tertiary/aromatic N) is 4. The molecular weight excluding hydrogens is 471 g/mol. The molecule has 2 fully saturated rings. The van der Waals surface area contributed by atoms with Crippen molar-refractivity contribution in [2.24, 2.45) is 16.1 Å². The Kier molecular flexibility index (Phi) is 8.98. The van der Waals surface area contributed by atoms with Gasteiger partial charge in [0.15, 0.2) is 5.96 Å². The normalized spacial score (nSPS) is 20.5. The molecule has 3 N–H and O–H groups in total. The Hall–Kier alpha value is -1.10. The van der Waals surface area contributed by atoms with Crippen molar-refractivity contribution in [2.75, 3.05) is 53.9 Å². The Bertz CT molecular complexity index is 579. The first kappa shape index (κ1) is 24.9. The smallest absolute Gasteiger partial charge is 0.237 e. The van der Waals surface area contributed by atoms with E-state index < -0.39 is 5.54 Å². The molecule has 1 aliphatic heterocycles. The van der Waals surface area contributed by atoms with Crippen LogP contribution in [0.25, 0.3) is 0 Å². The molecule has 8 nitrogen and oxygen atoms in total. The molecule has 2 aliphatic rings. The summed E-state index contributed by atoms with van der Waals surface area (Å²) in [5.74, 6) is 0.726. The van der Waals surface area contributed by atoms with Crippen LogP contribution in [0.4, 0.5) is 0 Å². The predicted octanol–water partition coefficient (Wildman–Crippen LogP) is 0.710. The van der Waals surface area contributed by atoms with Crippen molar-refractivity contribution in [3.05, 3.63) is 0 Å². The fraction of sp³-hybridized carbons (Fsp3) is 0.842. The van der Waals surface area contributed by atoms with E-state index >= 15 is 0 Å². The Morgan fingerprint density at radius 3 is 2.11 bits per heavy atom. The summed E-state index contributed by atoms with van der Waals surface area (Å²) in [4.78, 5) is 34.9. The summed E-state index contributed by atoms with van der Waals surface area (Å²) in [7, 11) is 5.44. The number of hydrogen-bond acceptors (Lipinski definition) is 4. The van der Waals surface area contributed by atoms with Crippen LogP contribution in [0.3, 0.4) is 0 Å². The van der Waals surface area contributed by atoms with Crippen LogP contribution in [0.5, 0.6) is 0 Å². The van der Waals surface area contributed by atoms with E-state index in [-0.39, 0.29) is 41.2 Å². The summed E-state index contributed by atoms with van der Waals surface area (Å²) < 4.78 is 0. The topological polar surface area (TPSA) is 94.3 Å². The fourth-order valence-corrected chi connectivity index (χ4v) is 4.21. The summed E-state index contributed by atoms with van der Waals surface area (Å²) in [6.45, 7) is 7.39. The molecule has 0 aromatic carbocycles. The van der Waals surface area contributed by atoms with Crippen molar-refractivity contribution in [3.8, 4) is 0 Å². The van der Waals surface area contributed by atoms with Gasteiger partial charge in [0, 0.05) is 53.9 Å². The third-order valence-corrected chi connectivity index (χ3v) is 6.19. The highest BCUT2D eigenvalue weighted by atomic mass is 127. The van der Waals surface area contributed by atoms with Gasteiger partial charge in [-0.2, -0.15) is 0 Å². The number of nitrogens with one attached hydrogen (secondary N) is 1. The van der Waals surface area contributed by atoms with Gasteiger partial charge in [-0.05, 0) is 26.7 Å². The van der Waals surface area contributed by atoms with Gasteiger partial charge in [0.25, 0.3) is 0 Å². The quantitative estimate of drug-likeness (QED) is 0.324. The van der Waals surface area contributed by atoms with Crippen LogP contribution in [0.1, 0.15) is 39.5 Å². The van der Waals surface area contributed by atoms with E-state index in [1.165, 1.54) is 0 Å².